The summed E-state index contributed by atoms with van der Waals surface area (Å²) in [7, 11) is 0. The maximum atomic E-state index is 12.1. The molecule has 2 atom stereocenters. The van der Waals surface area contributed by atoms with Crippen LogP contribution in [0.2, 0.25) is 0 Å². The lowest BCUT2D eigenvalue weighted by Crippen LogP contribution is -2.43. The van der Waals surface area contributed by atoms with E-state index in [0.717, 1.165) is 26.1 Å². The molecular formula is C13H22N2O3. The minimum absolute atomic E-state index is 0.00125. The summed E-state index contributed by atoms with van der Waals surface area (Å²) in [5.74, 6) is -0.800. The Hall–Kier alpha value is -1.10. The van der Waals surface area contributed by atoms with Crippen LogP contribution in [0.4, 0.5) is 0 Å². The van der Waals surface area contributed by atoms with Crippen LogP contribution in [0.1, 0.15) is 32.6 Å². The summed E-state index contributed by atoms with van der Waals surface area (Å²) in [5, 5.41) is 9.18. The highest BCUT2D eigenvalue weighted by atomic mass is 16.4. The van der Waals surface area contributed by atoms with Gasteiger partial charge in [-0.05, 0) is 38.3 Å². The first-order chi connectivity index (χ1) is 8.59. The van der Waals surface area contributed by atoms with E-state index in [2.05, 4.69) is 4.90 Å². The van der Waals surface area contributed by atoms with Gasteiger partial charge in [-0.15, -0.1) is 0 Å². The average Bonchev–Trinajstić information content (AvgIpc) is 2.94. The van der Waals surface area contributed by atoms with Gasteiger partial charge in [0.05, 0.1) is 0 Å². The van der Waals surface area contributed by atoms with Crippen molar-refractivity contribution >= 4 is 11.9 Å². The molecule has 1 amide bonds. The normalized spacial score (nSPS) is 28.8. The number of amides is 1. The molecule has 0 spiro atoms. The van der Waals surface area contributed by atoms with Crippen LogP contribution in [0, 0.1) is 5.92 Å². The van der Waals surface area contributed by atoms with Gasteiger partial charge in [0.2, 0.25) is 5.91 Å². The van der Waals surface area contributed by atoms with E-state index in [4.69, 9.17) is 0 Å². The zero-order valence-electron chi connectivity index (χ0n) is 11.0. The zero-order chi connectivity index (χ0) is 13.1. The highest BCUT2D eigenvalue weighted by molar-refractivity contribution is 5.84. The fraction of sp³-hybridized carbons (Fsp3) is 0.846. The third-order valence-electron chi connectivity index (χ3n) is 4.11. The van der Waals surface area contributed by atoms with E-state index in [1.165, 1.54) is 12.8 Å². The largest absolute Gasteiger partial charge is 0.480 e. The smallest absolute Gasteiger partial charge is 0.326 e. The first-order valence-electron chi connectivity index (χ1n) is 6.84. The van der Waals surface area contributed by atoms with Crippen molar-refractivity contribution in [2.75, 3.05) is 26.2 Å². The van der Waals surface area contributed by atoms with Gasteiger partial charge in [-0.25, -0.2) is 4.79 Å². The second kappa shape index (κ2) is 5.69. The molecule has 1 N–H and O–H groups in total. The van der Waals surface area contributed by atoms with Gasteiger partial charge >= 0.3 is 5.97 Å². The average molecular weight is 254 g/mol. The van der Waals surface area contributed by atoms with E-state index in [-0.39, 0.29) is 11.8 Å². The number of likely N-dealkylation sites (tertiary alicyclic amines) is 2. The molecule has 18 heavy (non-hydrogen) atoms. The molecule has 0 saturated carbocycles. The molecule has 2 unspecified atom stereocenters. The standard InChI is InChI=1S/C13H22N2O3/c1-10-4-9-15(12(10)13(17)18)11(16)5-8-14-6-2-3-7-14/h10,12H,2-9H2,1H3,(H,17,18). The van der Waals surface area contributed by atoms with E-state index in [1.807, 2.05) is 6.92 Å². The molecule has 102 valence electrons. The van der Waals surface area contributed by atoms with Gasteiger partial charge in [-0.2, -0.15) is 0 Å². The molecule has 0 radical (unpaired) electrons. The molecule has 0 aromatic carbocycles. The maximum absolute atomic E-state index is 12.1. The summed E-state index contributed by atoms with van der Waals surface area (Å²) in [4.78, 5) is 27.1. The molecule has 0 aromatic rings. The fourth-order valence-corrected chi connectivity index (χ4v) is 3.01. The maximum Gasteiger partial charge on any atom is 0.326 e. The second-order valence-electron chi connectivity index (χ2n) is 5.43. The molecule has 0 bridgehead atoms. The molecule has 2 aliphatic heterocycles. The third kappa shape index (κ3) is 2.83. The van der Waals surface area contributed by atoms with E-state index in [0.29, 0.717) is 13.0 Å². The summed E-state index contributed by atoms with van der Waals surface area (Å²) >= 11 is 0. The van der Waals surface area contributed by atoms with Gasteiger partial charge < -0.3 is 14.9 Å². The second-order valence-corrected chi connectivity index (χ2v) is 5.43. The van der Waals surface area contributed by atoms with Crippen molar-refractivity contribution < 1.29 is 14.7 Å². The van der Waals surface area contributed by atoms with Crippen LogP contribution >= 0.6 is 0 Å². The summed E-state index contributed by atoms with van der Waals surface area (Å²) in [6, 6.07) is -0.615. The van der Waals surface area contributed by atoms with Crippen molar-refractivity contribution in [2.24, 2.45) is 5.92 Å². The lowest BCUT2D eigenvalue weighted by atomic mass is 10.0. The lowest BCUT2D eigenvalue weighted by molar-refractivity contribution is -0.149. The van der Waals surface area contributed by atoms with Crippen LogP contribution < -0.4 is 0 Å². The Morgan fingerprint density at radius 1 is 1.22 bits per heavy atom. The molecule has 2 saturated heterocycles. The Morgan fingerprint density at radius 2 is 1.89 bits per heavy atom. The molecule has 5 heteroatoms. The van der Waals surface area contributed by atoms with Crippen molar-refractivity contribution in [1.29, 1.82) is 0 Å². The lowest BCUT2D eigenvalue weighted by Gasteiger charge is -2.24. The number of hydrogen-bond donors (Lipinski definition) is 1. The highest BCUT2D eigenvalue weighted by Crippen LogP contribution is 2.24. The minimum atomic E-state index is -0.866. The first-order valence-corrected chi connectivity index (χ1v) is 6.84. The number of carboxylic acids is 1. The molecule has 5 nitrogen and oxygen atoms in total. The van der Waals surface area contributed by atoms with Crippen molar-refractivity contribution in [2.45, 2.75) is 38.6 Å². The van der Waals surface area contributed by atoms with Crippen LogP contribution in [-0.2, 0) is 9.59 Å². The number of hydrogen-bond acceptors (Lipinski definition) is 3. The van der Waals surface area contributed by atoms with E-state index >= 15 is 0 Å². The van der Waals surface area contributed by atoms with Crippen molar-refractivity contribution in [3.05, 3.63) is 0 Å². The number of carbonyl (C=O) groups excluding carboxylic acids is 1. The summed E-state index contributed by atoms with van der Waals surface area (Å²) in [6.45, 7) is 5.43. The molecule has 2 heterocycles. The van der Waals surface area contributed by atoms with Gasteiger partial charge in [0, 0.05) is 19.5 Å². The van der Waals surface area contributed by atoms with Crippen molar-refractivity contribution in [3.8, 4) is 0 Å². The Balaban J connectivity index is 1.85. The van der Waals surface area contributed by atoms with Gasteiger partial charge in [0.25, 0.3) is 0 Å². The molecule has 2 fully saturated rings. The van der Waals surface area contributed by atoms with Crippen LogP contribution in [-0.4, -0.2) is 59.0 Å². The predicted octanol–water partition coefficient (Wildman–Crippen LogP) is 0.794. The SMILES string of the molecule is CC1CCN(C(=O)CCN2CCCC2)C1C(=O)O. The van der Waals surface area contributed by atoms with Gasteiger partial charge in [0.1, 0.15) is 6.04 Å². The van der Waals surface area contributed by atoms with Crippen LogP contribution in [0.3, 0.4) is 0 Å². The topological polar surface area (TPSA) is 60.9 Å². The van der Waals surface area contributed by atoms with Gasteiger partial charge in [0.15, 0.2) is 0 Å². The van der Waals surface area contributed by atoms with Crippen molar-refractivity contribution in [3.63, 3.8) is 0 Å². The number of rotatable bonds is 4. The van der Waals surface area contributed by atoms with Crippen LogP contribution in [0.15, 0.2) is 0 Å². The molecular weight excluding hydrogens is 232 g/mol. The predicted molar refractivity (Wildman–Crippen MR) is 67.2 cm³/mol. The Kier molecular flexibility index (Phi) is 4.22. The summed E-state index contributed by atoms with van der Waals surface area (Å²) in [6.07, 6.45) is 3.68. The Labute approximate surface area is 108 Å². The molecule has 2 rings (SSSR count). The summed E-state index contributed by atoms with van der Waals surface area (Å²) < 4.78 is 0. The quantitative estimate of drug-likeness (QED) is 0.806. The van der Waals surface area contributed by atoms with Gasteiger partial charge in [-0.3, -0.25) is 4.79 Å². The fourth-order valence-electron chi connectivity index (χ4n) is 3.01. The molecule has 2 aliphatic rings. The van der Waals surface area contributed by atoms with Gasteiger partial charge in [-0.1, -0.05) is 6.92 Å². The van der Waals surface area contributed by atoms with Crippen LogP contribution in [0.5, 0.6) is 0 Å². The number of carbonyl (C=O) groups is 2. The van der Waals surface area contributed by atoms with E-state index in [1.54, 1.807) is 4.90 Å². The summed E-state index contributed by atoms with van der Waals surface area (Å²) in [5.41, 5.74) is 0. The monoisotopic (exact) mass is 254 g/mol. The van der Waals surface area contributed by atoms with Crippen molar-refractivity contribution in [1.82, 2.24) is 9.80 Å². The molecule has 0 aliphatic carbocycles. The number of nitrogens with zero attached hydrogens (tertiary/aromatic N) is 2. The van der Waals surface area contributed by atoms with Crippen LogP contribution in [0.25, 0.3) is 0 Å². The molecule has 0 aromatic heterocycles. The Bertz CT molecular complexity index is 326. The van der Waals surface area contributed by atoms with E-state index < -0.39 is 12.0 Å². The highest BCUT2D eigenvalue weighted by Gasteiger charge is 2.39. The zero-order valence-corrected chi connectivity index (χ0v) is 11.0. The minimum Gasteiger partial charge on any atom is -0.480 e. The third-order valence-corrected chi connectivity index (χ3v) is 4.11. The Morgan fingerprint density at radius 3 is 2.50 bits per heavy atom. The first kappa shape index (κ1) is 13.3. The number of aliphatic carboxylic acids is 1. The number of carboxylic acid groups (broad SMARTS) is 1. The van der Waals surface area contributed by atoms with E-state index in [9.17, 15) is 14.7 Å².